The molecule has 0 amide bonds. The summed E-state index contributed by atoms with van der Waals surface area (Å²) in [5, 5.41) is 6.50. The number of pyridine rings is 1. The molecule has 3 aromatic heterocycles. The van der Waals surface area contributed by atoms with Crippen LogP contribution in [0.2, 0.25) is 0 Å². The second-order valence-electron chi connectivity index (χ2n) is 4.01. The first-order chi connectivity index (χ1) is 8.84. The molecule has 3 rings (SSSR count). The minimum absolute atomic E-state index is 0.164. The maximum absolute atomic E-state index is 4.31. The van der Waals surface area contributed by atoms with E-state index in [4.69, 9.17) is 0 Å². The fourth-order valence-corrected chi connectivity index (χ4v) is 2.56. The van der Waals surface area contributed by atoms with E-state index in [1.807, 2.05) is 23.7 Å². The molecule has 3 heterocycles. The molecular formula is C13H12N4S. The average molecular weight is 256 g/mol. The van der Waals surface area contributed by atoms with Crippen LogP contribution < -0.4 is 5.32 Å². The van der Waals surface area contributed by atoms with Gasteiger partial charge in [-0.25, -0.2) is 9.97 Å². The van der Waals surface area contributed by atoms with Gasteiger partial charge in [-0.1, -0.05) is 6.07 Å². The van der Waals surface area contributed by atoms with E-state index >= 15 is 0 Å². The summed E-state index contributed by atoms with van der Waals surface area (Å²) in [4.78, 5) is 13.7. The standard InChI is InChI=1S/C13H12N4S/c1-9(10-3-2-5-14-7-10)17-12-11-4-6-18-13(11)16-8-15-12/h2-9H,1H3,(H,15,16,17). The van der Waals surface area contributed by atoms with Gasteiger partial charge in [-0.05, 0) is 30.0 Å². The van der Waals surface area contributed by atoms with Gasteiger partial charge in [0.2, 0.25) is 0 Å². The SMILES string of the molecule is CC(Nc1ncnc2sccc12)c1cccnc1. The minimum Gasteiger partial charge on any atom is -0.363 e. The van der Waals surface area contributed by atoms with Crippen LogP contribution in [0.15, 0.2) is 42.3 Å². The van der Waals surface area contributed by atoms with E-state index in [0.717, 1.165) is 21.6 Å². The molecule has 0 radical (unpaired) electrons. The number of thiophene rings is 1. The van der Waals surface area contributed by atoms with Crippen molar-refractivity contribution in [3.8, 4) is 0 Å². The van der Waals surface area contributed by atoms with Crippen molar-refractivity contribution in [2.24, 2.45) is 0 Å². The molecule has 0 fully saturated rings. The molecule has 0 aliphatic carbocycles. The zero-order valence-electron chi connectivity index (χ0n) is 9.87. The van der Waals surface area contributed by atoms with Gasteiger partial charge >= 0.3 is 0 Å². The highest BCUT2D eigenvalue weighted by atomic mass is 32.1. The van der Waals surface area contributed by atoms with Crippen LogP contribution >= 0.6 is 11.3 Å². The Morgan fingerprint density at radius 3 is 3.06 bits per heavy atom. The summed E-state index contributed by atoms with van der Waals surface area (Å²) in [6.07, 6.45) is 5.23. The zero-order valence-corrected chi connectivity index (χ0v) is 10.7. The van der Waals surface area contributed by atoms with Crippen LogP contribution in [0.1, 0.15) is 18.5 Å². The molecule has 0 bridgehead atoms. The van der Waals surface area contributed by atoms with Crippen molar-refractivity contribution in [2.75, 3.05) is 5.32 Å². The number of fused-ring (bicyclic) bond motifs is 1. The molecule has 3 aromatic rings. The maximum Gasteiger partial charge on any atom is 0.138 e. The Morgan fingerprint density at radius 2 is 2.22 bits per heavy atom. The van der Waals surface area contributed by atoms with Crippen LogP contribution in [0.3, 0.4) is 0 Å². The summed E-state index contributed by atoms with van der Waals surface area (Å²) in [5.41, 5.74) is 1.14. The Hall–Kier alpha value is -2.01. The lowest BCUT2D eigenvalue weighted by Crippen LogP contribution is -2.08. The highest BCUT2D eigenvalue weighted by Crippen LogP contribution is 2.26. The maximum atomic E-state index is 4.31. The second kappa shape index (κ2) is 4.70. The van der Waals surface area contributed by atoms with Gasteiger partial charge in [-0.3, -0.25) is 4.98 Å². The fraction of sp³-hybridized carbons (Fsp3) is 0.154. The van der Waals surface area contributed by atoms with E-state index in [1.165, 1.54) is 0 Å². The third-order valence-corrected chi connectivity index (χ3v) is 3.62. The Bertz CT molecular complexity index is 650. The van der Waals surface area contributed by atoms with Gasteiger partial charge in [0, 0.05) is 12.4 Å². The highest BCUT2D eigenvalue weighted by Gasteiger charge is 2.09. The lowest BCUT2D eigenvalue weighted by molar-refractivity contribution is 0.867. The van der Waals surface area contributed by atoms with Crippen LogP contribution in [0.25, 0.3) is 10.2 Å². The summed E-state index contributed by atoms with van der Waals surface area (Å²) < 4.78 is 0. The first-order valence-corrected chi connectivity index (χ1v) is 6.57. The van der Waals surface area contributed by atoms with Crippen molar-refractivity contribution < 1.29 is 0 Å². The number of anilines is 1. The lowest BCUT2D eigenvalue weighted by atomic mass is 10.1. The lowest BCUT2D eigenvalue weighted by Gasteiger charge is -2.14. The van der Waals surface area contributed by atoms with Crippen LogP contribution in [0, 0.1) is 0 Å². The molecule has 1 N–H and O–H groups in total. The largest absolute Gasteiger partial charge is 0.363 e. The van der Waals surface area contributed by atoms with Crippen LogP contribution in [0.5, 0.6) is 0 Å². The minimum atomic E-state index is 0.164. The predicted molar refractivity (Wildman–Crippen MR) is 73.7 cm³/mol. The van der Waals surface area contributed by atoms with E-state index in [9.17, 15) is 0 Å². The number of hydrogen-bond donors (Lipinski definition) is 1. The van der Waals surface area contributed by atoms with Crippen LogP contribution in [0.4, 0.5) is 5.82 Å². The molecule has 1 unspecified atom stereocenters. The Balaban J connectivity index is 1.91. The molecule has 90 valence electrons. The zero-order chi connectivity index (χ0) is 12.4. The van der Waals surface area contributed by atoms with Crippen molar-refractivity contribution in [1.82, 2.24) is 15.0 Å². The van der Waals surface area contributed by atoms with Crippen molar-refractivity contribution in [1.29, 1.82) is 0 Å². The van der Waals surface area contributed by atoms with Crippen LogP contribution in [-0.2, 0) is 0 Å². The molecule has 1 atom stereocenters. The number of aromatic nitrogens is 3. The Morgan fingerprint density at radius 1 is 1.28 bits per heavy atom. The topological polar surface area (TPSA) is 50.7 Å². The first kappa shape index (κ1) is 11.1. The van der Waals surface area contributed by atoms with Gasteiger partial charge < -0.3 is 5.32 Å². The van der Waals surface area contributed by atoms with Gasteiger partial charge in [-0.15, -0.1) is 11.3 Å². The van der Waals surface area contributed by atoms with Crippen molar-refractivity contribution in [3.05, 3.63) is 47.9 Å². The molecule has 18 heavy (non-hydrogen) atoms. The smallest absolute Gasteiger partial charge is 0.138 e. The van der Waals surface area contributed by atoms with Gasteiger partial charge in [0.25, 0.3) is 0 Å². The molecule has 0 saturated heterocycles. The third kappa shape index (κ3) is 2.04. The average Bonchev–Trinajstić information content (AvgIpc) is 2.89. The number of rotatable bonds is 3. The summed E-state index contributed by atoms with van der Waals surface area (Å²) in [6, 6.07) is 6.19. The second-order valence-corrected chi connectivity index (χ2v) is 4.91. The van der Waals surface area contributed by atoms with Crippen molar-refractivity contribution >= 4 is 27.4 Å². The first-order valence-electron chi connectivity index (χ1n) is 5.69. The third-order valence-electron chi connectivity index (χ3n) is 2.80. The van der Waals surface area contributed by atoms with Gasteiger partial charge in [0.05, 0.1) is 11.4 Å². The summed E-state index contributed by atoms with van der Waals surface area (Å²) in [7, 11) is 0. The van der Waals surface area contributed by atoms with Gasteiger partial charge in [0.15, 0.2) is 0 Å². The monoisotopic (exact) mass is 256 g/mol. The molecule has 0 aromatic carbocycles. The molecule has 0 saturated carbocycles. The Labute approximate surface area is 109 Å². The summed E-state index contributed by atoms with van der Waals surface area (Å²) >= 11 is 1.62. The number of hydrogen-bond acceptors (Lipinski definition) is 5. The predicted octanol–water partition coefficient (Wildman–Crippen LogP) is 3.26. The Kier molecular flexibility index (Phi) is 2.90. The number of nitrogens with zero attached hydrogens (tertiary/aromatic N) is 3. The van der Waals surface area contributed by atoms with E-state index in [2.05, 4.69) is 33.3 Å². The molecular weight excluding hydrogens is 244 g/mol. The summed E-state index contributed by atoms with van der Waals surface area (Å²) in [5.74, 6) is 0.873. The van der Waals surface area contributed by atoms with E-state index in [1.54, 1.807) is 23.9 Å². The highest BCUT2D eigenvalue weighted by molar-refractivity contribution is 7.16. The van der Waals surface area contributed by atoms with E-state index in [0.29, 0.717) is 0 Å². The normalized spacial score (nSPS) is 12.5. The molecule has 4 nitrogen and oxygen atoms in total. The van der Waals surface area contributed by atoms with Gasteiger partial charge in [-0.2, -0.15) is 0 Å². The quantitative estimate of drug-likeness (QED) is 0.781. The van der Waals surface area contributed by atoms with Gasteiger partial charge in [0.1, 0.15) is 17.0 Å². The van der Waals surface area contributed by atoms with Crippen LogP contribution in [-0.4, -0.2) is 15.0 Å². The number of nitrogens with one attached hydrogen (secondary N) is 1. The van der Waals surface area contributed by atoms with E-state index < -0.39 is 0 Å². The molecule has 5 heteroatoms. The fourth-order valence-electron chi connectivity index (χ4n) is 1.83. The van der Waals surface area contributed by atoms with Crippen molar-refractivity contribution in [2.45, 2.75) is 13.0 Å². The molecule has 0 aliphatic heterocycles. The molecule has 0 aliphatic rings. The van der Waals surface area contributed by atoms with E-state index in [-0.39, 0.29) is 6.04 Å². The molecule has 0 spiro atoms. The van der Waals surface area contributed by atoms with Crippen molar-refractivity contribution in [3.63, 3.8) is 0 Å². The summed E-state index contributed by atoms with van der Waals surface area (Å²) in [6.45, 7) is 2.09.